The van der Waals surface area contributed by atoms with Gasteiger partial charge in [-0.05, 0) is 18.2 Å². The van der Waals surface area contributed by atoms with Crippen molar-refractivity contribution in [3.63, 3.8) is 0 Å². The number of ether oxygens (including phenoxy) is 1. The van der Waals surface area contributed by atoms with Crippen LogP contribution in [0.1, 0.15) is 23.0 Å². The van der Waals surface area contributed by atoms with Crippen LogP contribution in [0.2, 0.25) is 5.02 Å². The quantitative estimate of drug-likeness (QED) is 0.216. The molecule has 2 heterocycles. The average molecular weight is 544 g/mol. The lowest BCUT2D eigenvalue weighted by Gasteiger charge is -2.32. The number of aliphatic imine (C=N–C) groups is 2. The Bertz CT molecular complexity index is 1240. The number of nitrogens with zero attached hydrogens (tertiary/aromatic N) is 3. The van der Waals surface area contributed by atoms with Gasteiger partial charge in [0, 0.05) is 51.8 Å². The Morgan fingerprint density at radius 1 is 1.47 bits per heavy atom. The minimum atomic E-state index is -2.98. The molecule has 0 aliphatic carbocycles. The number of benzene rings is 1. The van der Waals surface area contributed by atoms with Crippen molar-refractivity contribution in [1.29, 1.82) is 0 Å². The Labute approximate surface area is 212 Å². The molecule has 5 N–H and O–H groups in total. The molecule has 0 saturated heterocycles. The average Bonchev–Trinajstić information content (AvgIpc) is 3.37. The van der Waals surface area contributed by atoms with E-state index in [1.165, 1.54) is 23.6 Å². The number of carbonyl (C=O) groups excluding carboxylic acids is 1. The number of halogens is 4. The summed E-state index contributed by atoms with van der Waals surface area (Å²) in [6.07, 6.45) is 2.84. The number of allylic oxidation sites excluding steroid dienone is 1. The van der Waals surface area contributed by atoms with Crippen molar-refractivity contribution in [3.8, 4) is 0 Å². The second-order valence-electron chi connectivity index (χ2n) is 7.46. The molecule has 1 aliphatic heterocycles. The minimum Gasteiger partial charge on any atom is -0.467 e. The molecule has 9 nitrogen and oxygen atoms in total. The van der Waals surface area contributed by atoms with Crippen LogP contribution in [0.4, 0.5) is 13.2 Å². The number of aromatic nitrogens is 1. The summed E-state index contributed by atoms with van der Waals surface area (Å²) in [5.74, 6) is -1.54. The van der Waals surface area contributed by atoms with Crippen LogP contribution in [0, 0.1) is 5.82 Å². The van der Waals surface area contributed by atoms with Crippen LogP contribution in [-0.2, 0) is 9.53 Å². The van der Waals surface area contributed by atoms with Crippen molar-refractivity contribution >= 4 is 41.0 Å². The molecule has 1 unspecified atom stereocenters. The summed E-state index contributed by atoms with van der Waals surface area (Å²) >= 11 is 7.54. The number of esters is 1. The van der Waals surface area contributed by atoms with Crippen molar-refractivity contribution in [1.82, 2.24) is 10.3 Å². The van der Waals surface area contributed by atoms with Gasteiger partial charge in [-0.3, -0.25) is 4.99 Å². The third-order valence-electron chi connectivity index (χ3n) is 5.08. The molecule has 192 valence electrons. The van der Waals surface area contributed by atoms with Gasteiger partial charge in [-0.1, -0.05) is 17.7 Å². The Hall–Kier alpha value is -3.26. The summed E-state index contributed by atoms with van der Waals surface area (Å²) in [4.78, 5) is 24.1. The Balaban J connectivity index is 2.26. The molecular formula is C22H21ClF3N5O4S. The van der Waals surface area contributed by atoms with Crippen molar-refractivity contribution in [2.24, 2.45) is 15.7 Å². The lowest BCUT2D eigenvalue weighted by Crippen LogP contribution is -2.46. The molecule has 0 radical (unpaired) electrons. The molecule has 1 aromatic carbocycles. The fraction of sp³-hybridized carbons (Fsp3) is 0.273. The topological polar surface area (TPSA) is 142 Å². The van der Waals surface area contributed by atoms with Crippen LogP contribution < -0.4 is 11.1 Å². The fourth-order valence-corrected chi connectivity index (χ4v) is 4.28. The lowest BCUT2D eigenvalue weighted by atomic mass is 9.88. The van der Waals surface area contributed by atoms with Gasteiger partial charge >= 0.3 is 12.5 Å². The van der Waals surface area contributed by atoms with Crippen molar-refractivity contribution in [2.75, 3.05) is 13.7 Å². The van der Waals surface area contributed by atoms with Crippen LogP contribution in [0.5, 0.6) is 0 Å². The largest absolute Gasteiger partial charge is 0.467 e. The van der Waals surface area contributed by atoms with Crippen molar-refractivity contribution < 1.29 is 32.9 Å². The molecular weight excluding hydrogens is 523 g/mol. The molecule has 2 atom stereocenters. The summed E-state index contributed by atoms with van der Waals surface area (Å²) in [6.45, 7) is -4.00. The highest BCUT2D eigenvalue weighted by Gasteiger charge is 2.41. The molecule has 36 heavy (non-hydrogen) atoms. The maximum Gasteiger partial charge on any atom is 0.340 e. The van der Waals surface area contributed by atoms with Gasteiger partial charge < -0.3 is 26.0 Å². The number of hydrogen-bond acceptors (Lipinski definition) is 10. The molecule has 0 spiro atoms. The van der Waals surface area contributed by atoms with E-state index in [2.05, 4.69) is 25.0 Å². The van der Waals surface area contributed by atoms with E-state index >= 15 is 0 Å². The molecule has 1 aliphatic rings. The molecule has 14 heteroatoms. The maximum absolute atomic E-state index is 13.8. The van der Waals surface area contributed by atoms with E-state index in [9.17, 15) is 28.2 Å². The van der Waals surface area contributed by atoms with Crippen LogP contribution in [0.15, 0.2) is 62.8 Å². The number of rotatable bonds is 9. The van der Waals surface area contributed by atoms with Crippen LogP contribution in [0.25, 0.3) is 0 Å². The summed E-state index contributed by atoms with van der Waals surface area (Å²) in [5, 5.41) is 25.7. The monoisotopic (exact) mass is 543 g/mol. The van der Waals surface area contributed by atoms with Gasteiger partial charge in [-0.2, -0.15) is 8.78 Å². The summed E-state index contributed by atoms with van der Waals surface area (Å²) in [5.41, 5.74) is 4.19. The van der Waals surface area contributed by atoms with E-state index in [0.717, 1.165) is 31.5 Å². The van der Waals surface area contributed by atoms with Crippen molar-refractivity contribution in [2.45, 2.75) is 24.6 Å². The fourth-order valence-electron chi connectivity index (χ4n) is 3.42. The summed E-state index contributed by atoms with van der Waals surface area (Å²) < 4.78 is 43.5. The number of carbonyl (C=O) groups is 1. The zero-order valence-corrected chi connectivity index (χ0v) is 20.2. The number of thiazole rings is 1. The standard InChI is InChI=1S/C22H21ClF3N5O4S/c1-35-20(33)22(34,10-32)9-15-16(14(27)4-5-29-21(25)26)17(12-3-2-11(24)8-13(12)23)31-18(30-15)19-28-6-7-36-19/h2-8,17,21,32,34H,9-10,27H2,1H3,(H,30,31)/t17-,22?/m0/s1. The van der Waals surface area contributed by atoms with Gasteiger partial charge in [0.2, 0.25) is 0 Å². The second kappa shape index (κ2) is 11.6. The van der Waals surface area contributed by atoms with Gasteiger partial charge in [-0.25, -0.2) is 19.2 Å². The van der Waals surface area contributed by atoms with Crippen molar-refractivity contribution in [3.05, 3.63) is 74.2 Å². The second-order valence-corrected chi connectivity index (χ2v) is 8.76. The van der Waals surface area contributed by atoms with E-state index in [1.807, 2.05) is 0 Å². The van der Waals surface area contributed by atoms with E-state index in [0.29, 0.717) is 5.01 Å². The third kappa shape index (κ3) is 6.10. The molecule has 0 saturated carbocycles. The first-order valence-corrected chi connectivity index (χ1v) is 11.5. The SMILES string of the molecule is COC(=O)C(O)(CO)CC1=C(C(N)=CC=NC(F)F)[C@H](c2ccc(F)cc2Cl)N=C(c2nccs2)N1. The first-order chi connectivity index (χ1) is 17.1. The number of nitrogens with two attached hydrogens (primary N) is 1. The van der Waals surface area contributed by atoms with E-state index < -0.39 is 43.0 Å². The number of aliphatic hydroxyl groups excluding tert-OH is 1. The Morgan fingerprint density at radius 3 is 2.81 bits per heavy atom. The highest BCUT2D eigenvalue weighted by atomic mass is 35.5. The number of nitrogens with one attached hydrogen (secondary N) is 1. The maximum atomic E-state index is 13.8. The van der Waals surface area contributed by atoms with Crippen LogP contribution >= 0.6 is 22.9 Å². The van der Waals surface area contributed by atoms with Gasteiger partial charge in [0.05, 0.1) is 13.7 Å². The number of amidine groups is 1. The highest BCUT2D eigenvalue weighted by Crippen LogP contribution is 2.39. The molecule has 0 bridgehead atoms. The third-order valence-corrected chi connectivity index (χ3v) is 6.19. The highest BCUT2D eigenvalue weighted by molar-refractivity contribution is 7.11. The number of alkyl halides is 2. The van der Waals surface area contributed by atoms with E-state index in [1.54, 1.807) is 5.38 Å². The van der Waals surface area contributed by atoms with Gasteiger partial charge in [0.15, 0.2) is 16.4 Å². The summed E-state index contributed by atoms with van der Waals surface area (Å²) in [7, 11) is 1.03. The molecule has 1 aromatic heterocycles. The summed E-state index contributed by atoms with van der Waals surface area (Å²) in [6, 6.07) is 2.53. The normalized spacial score (nSPS) is 18.3. The van der Waals surface area contributed by atoms with Crippen LogP contribution in [0.3, 0.4) is 0 Å². The number of aliphatic hydroxyl groups is 2. The molecule has 2 aromatic rings. The molecule has 0 fully saturated rings. The zero-order valence-electron chi connectivity index (χ0n) is 18.7. The predicted molar refractivity (Wildman–Crippen MR) is 128 cm³/mol. The zero-order chi connectivity index (χ0) is 26.5. The van der Waals surface area contributed by atoms with Gasteiger partial charge in [0.25, 0.3) is 0 Å². The van der Waals surface area contributed by atoms with Gasteiger partial charge in [0.1, 0.15) is 11.9 Å². The van der Waals surface area contributed by atoms with Crippen LogP contribution in [-0.4, -0.2) is 59.1 Å². The van der Waals surface area contributed by atoms with E-state index in [4.69, 9.17) is 17.3 Å². The number of methoxy groups -OCH3 is 1. The predicted octanol–water partition coefficient (Wildman–Crippen LogP) is 2.70. The molecule has 3 rings (SSSR count). The minimum absolute atomic E-state index is 0.0135. The smallest absolute Gasteiger partial charge is 0.340 e. The Morgan fingerprint density at radius 2 is 2.22 bits per heavy atom. The first-order valence-electron chi connectivity index (χ1n) is 10.2. The first kappa shape index (κ1) is 27.3. The number of hydrogen-bond donors (Lipinski definition) is 4. The Kier molecular flexibility index (Phi) is 8.84. The lowest BCUT2D eigenvalue weighted by molar-refractivity contribution is -0.166. The van der Waals surface area contributed by atoms with Gasteiger partial charge in [-0.15, -0.1) is 11.3 Å². The van der Waals surface area contributed by atoms with E-state index in [-0.39, 0.29) is 33.4 Å². The molecule has 0 amide bonds.